The second-order valence-electron chi connectivity index (χ2n) is 8.01. The maximum Gasteiger partial charge on any atom is 0.143 e. The Kier molecular flexibility index (Phi) is 2.61. The highest BCUT2D eigenvalue weighted by molar-refractivity contribution is 5.87. The van der Waals surface area contributed by atoms with Gasteiger partial charge in [0.2, 0.25) is 0 Å². The standard InChI is InChI=1S/C18H23NO/c1-17-7-14-5-15(8-17)10-18(9-14,12-17)16(20)6-13-3-2-4-19-11-13/h2-4,11,14-15H,5-10,12H2,1H3. The van der Waals surface area contributed by atoms with E-state index in [1.165, 1.54) is 19.3 Å². The Morgan fingerprint density at radius 2 is 2.05 bits per heavy atom. The Morgan fingerprint density at radius 3 is 2.65 bits per heavy atom. The zero-order valence-electron chi connectivity index (χ0n) is 12.3. The fraction of sp³-hybridized carbons (Fsp3) is 0.667. The lowest BCUT2D eigenvalue weighted by Gasteiger charge is -2.60. The Balaban J connectivity index is 1.60. The number of hydrogen-bond donors (Lipinski definition) is 0. The Labute approximate surface area is 121 Å². The smallest absolute Gasteiger partial charge is 0.143 e. The molecule has 0 amide bonds. The molecule has 1 heterocycles. The average Bonchev–Trinajstić information content (AvgIpc) is 2.37. The van der Waals surface area contributed by atoms with Crippen molar-refractivity contribution in [3.63, 3.8) is 0 Å². The molecule has 0 aliphatic heterocycles. The Morgan fingerprint density at radius 1 is 1.30 bits per heavy atom. The second-order valence-corrected chi connectivity index (χ2v) is 8.01. The van der Waals surface area contributed by atoms with Crippen LogP contribution in [0.2, 0.25) is 0 Å². The summed E-state index contributed by atoms with van der Waals surface area (Å²) in [5.41, 5.74) is 1.54. The zero-order chi connectivity index (χ0) is 13.8. The van der Waals surface area contributed by atoms with Crippen LogP contribution in [0.3, 0.4) is 0 Å². The van der Waals surface area contributed by atoms with E-state index in [0.717, 1.165) is 36.7 Å². The van der Waals surface area contributed by atoms with Gasteiger partial charge in [0.1, 0.15) is 5.78 Å². The van der Waals surface area contributed by atoms with Crippen molar-refractivity contribution >= 4 is 5.78 Å². The predicted molar refractivity (Wildman–Crippen MR) is 78.2 cm³/mol. The minimum Gasteiger partial charge on any atom is -0.299 e. The summed E-state index contributed by atoms with van der Waals surface area (Å²) in [6, 6.07) is 3.97. The zero-order valence-corrected chi connectivity index (χ0v) is 12.3. The first kappa shape index (κ1) is 12.6. The molecule has 2 nitrogen and oxygen atoms in total. The molecule has 0 saturated heterocycles. The van der Waals surface area contributed by atoms with Gasteiger partial charge in [-0.25, -0.2) is 0 Å². The lowest BCUT2D eigenvalue weighted by atomic mass is 9.43. The molecule has 4 aliphatic carbocycles. The van der Waals surface area contributed by atoms with Gasteiger partial charge in [-0.15, -0.1) is 0 Å². The van der Waals surface area contributed by atoms with Crippen molar-refractivity contribution in [1.82, 2.24) is 4.98 Å². The molecule has 4 fully saturated rings. The number of nitrogens with zero attached hydrogens (tertiary/aromatic N) is 1. The van der Waals surface area contributed by atoms with Crippen LogP contribution in [0.25, 0.3) is 0 Å². The molecule has 0 N–H and O–H groups in total. The van der Waals surface area contributed by atoms with Gasteiger partial charge in [-0.2, -0.15) is 0 Å². The van der Waals surface area contributed by atoms with E-state index in [-0.39, 0.29) is 5.41 Å². The molecule has 4 saturated carbocycles. The first-order chi connectivity index (χ1) is 9.57. The molecule has 2 atom stereocenters. The predicted octanol–water partition coefficient (Wildman–Crippen LogP) is 3.80. The number of hydrogen-bond acceptors (Lipinski definition) is 2. The number of rotatable bonds is 3. The number of pyridine rings is 1. The van der Waals surface area contributed by atoms with E-state index in [9.17, 15) is 4.79 Å². The van der Waals surface area contributed by atoms with Gasteiger partial charge in [-0.05, 0) is 67.4 Å². The number of Topliss-reactive ketones (excluding diaryl/α,β-unsaturated/α-hetero) is 1. The van der Waals surface area contributed by atoms with Gasteiger partial charge in [0.25, 0.3) is 0 Å². The molecule has 4 bridgehead atoms. The summed E-state index contributed by atoms with van der Waals surface area (Å²) in [6.07, 6.45) is 11.8. The maximum atomic E-state index is 13.0. The van der Waals surface area contributed by atoms with Gasteiger partial charge in [0.15, 0.2) is 0 Å². The van der Waals surface area contributed by atoms with Crippen molar-refractivity contribution in [2.24, 2.45) is 22.7 Å². The SMILES string of the molecule is CC12CC3CC(C1)CC(C(=O)Cc1cccnc1)(C3)C2. The summed E-state index contributed by atoms with van der Waals surface area (Å²) in [4.78, 5) is 17.1. The van der Waals surface area contributed by atoms with Gasteiger partial charge in [0, 0.05) is 24.2 Å². The van der Waals surface area contributed by atoms with Gasteiger partial charge < -0.3 is 0 Å². The number of carbonyl (C=O) groups excluding carboxylic acids is 1. The molecule has 0 radical (unpaired) electrons. The quantitative estimate of drug-likeness (QED) is 0.835. The molecule has 1 aromatic heterocycles. The van der Waals surface area contributed by atoms with Crippen LogP contribution in [0, 0.1) is 22.7 Å². The van der Waals surface area contributed by atoms with E-state index in [4.69, 9.17) is 0 Å². The minimum absolute atomic E-state index is 0.00861. The van der Waals surface area contributed by atoms with E-state index < -0.39 is 0 Å². The van der Waals surface area contributed by atoms with Crippen LogP contribution >= 0.6 is 0 Å². The first-order valence-corrected chi connectivity index (χ1v) is 7.99. The molecule has 20 heavy (non-hydrogen) atoms. The van der Waals surface area contributed by atoms with E-state index in [0.29, 0.717) is 17.6 Å². The third-order valence-corrected chi connectivity index (χ3v) is 6.03. The monoisotopic (exact) mass is 269 g/mol. The highest BCUT2D eigenvalue weighted by atomic mass is 16.1. The summed E-state index contributed by atoms with van der Waals surface area (Å²) in [7, 11) is 0. The molecule has 106 valence electrons. The lowest BCUT2D eigenvalue weighted by molar-refractivity contribution is -0.152. The summed E-state index contributed by atoms with van der Waals surface area (Å²) in [5.74, 6) is 2.13. The van der Waals surface area contributed by atoms with Crippen molar-refractivity contribution in [2.75, 3.05) is 0 Å². The van der Waals surface area contributed by atoms with E-state index in [1.54, 1.807) is 6.20 Å². The van der Waals surface area contributed by atoms with E-state index >= 15 is 0 Å². The van der Waals surface area contributed by atoms with Crippen LogP contribution in [0.5, 0.6) is 0 Å². The molecule has 1 aromatic rings. The first-order valence-electron chi connectivity index (χ1n) is 7.99. The molecule has 4 aliphatic rings. The molecular formula is C18H23NO. The third kappa shape index (κ3) is 1.92. The topological polar surface area (TPSA) is 30.0 Å². The summed E-state index contributed by atoms with van der Waals surface area (Å²) in [5, 5.41) is 0. The average molecular weight is 269 g/mol. The van der Waals surface area contributed by atoms with Gasteiger partial charge >= 0.3 is 0 Å². The van der Waals surface area contributed by atoms with Crippen LogP contribution in [0.1, 0.15) is 51.0 Å². The van der Waals surface area contributed by atoms with Gasteiger partial charge in [0.05, 0.1) is 0 Å². The molecule has 2 heteroatoms. The fourth-order valence-corrected chi connectivity index (χ4v) is 5.92. The largest absolute Gasteiger partial charge is 0.299 e. The van der Waals surface area contributed by atoms with Crippen molar-refractivity contribution in [3.8, 4) is 0 Å². The van der Waals surface area contributed by atoms with Crippen LogP contribution < -0.4 is 0 Å². The number of ketones is 1. The van der Waals surface area contributed by atoms with Crippen LogP contribution in [-0.2, 0) is 11.2 Å². The highest BCUT2D eigenvalue weighted by Crippen LogP contribution is 2.65. The van der Waals surface area contributed by atoms with Crippen molar-refractivity contribution in [2.45, 2.75) is 51.9 Å². The fourth-order valence-electron chi connectivity index (χ4n) is 5.92. The molecular weight excluding hydrogens is 246 g/mol. The maximum absolute atomic E-state index is 13.0. The molecule has 5 rings (SSSR count). The van der Waals surface area contributed by atoms with E-state index in [1.807, 2.05) is 18.3 Å². The highest BCUT2D eigenvalue weighted by Gasteiger charge is 2.58. The van der Waals surface area contributed by atoms with E-state index in [2.05, 4.69) is 11.9 Å². The third-order valence-electron chi connectivity index (χ3n) is 6.03. The molecule has 0 aromatic carbocycles. The van der Waals surface area contributed by atoms with Crippen LogP contribution in [0.4, 0.5) is 0 Å². The minimum atomic E-state index is 0.00861. The Hall–Kier alpha value is -1.18. The van der Waals surface area contributed by atoms with Crippen LogP contribution in [-0.4, -0.2) is 10.8 Å². The van der Waals surface area contributed by atoms with Crippen LogP contribution in [0.15, 0.2) is 24.5 Å². The Bertz CT molecular complexity index is 522. The van der Waals surface area contributed by atoms with Crippen molar-refractivity contribution in [3.05, 3.63) is 30.1 Å². The van der Waals surface area contributed by atoms with Crippen molar-refractivity contribution < 1.29 is 4.79 Å². The van der Waals surface area contributed by atoms with Gasteiger partial charge in [-0.3, -0.25) is 9.78 Å². The summed E-state index contributed by atoms with van der Waals surface area (Å²) >= 11 is 0. The number of carbonyl (C=O) groups is 1. The molecule has 0 spiro atoms. The number of aromatic nitrogens is 1. The molecule has 2 unspecified atom stereocenters. The van der Waals surface area contributed by atoms with Gasteiger partial charge in [-0.1, -0.05) is 13.0 Å². The lowest BCUT2D eigenvalue weighted by Crippen LogP contribution is -2.54. The normalized spacial score (nSPS) is 41.9. The second kappa shape index (κ2) is 4.16. The van der Waals surface area contributed by atoms with Crippen molar-refractivity contribution in [1.29, 1.82) is 0 Å². The summed E-state index contributed by atoms with van der Waals surface area (Å²) < 4.78 is 0. The summed E-state index contributed by atoms with van der Waals surface area (Å²) in [6.45, 7) is 2.43.